The summed E-state index contributed by atoms with van der Waals surface area (Å²) in [6.07, 6.45) is 0.808. The van der Waals surface area contributed by atoms with Crippen LogP contribution in [0.2, 0.25) is 5.02 Å². The average molecular weight is 337 g/mol. The normalized spacial score (nSPS) is 16.7. The fraction of sp³-hybridized carbons (Fsp3) is 0.188. The second-order valence-corrected chi connectivity index (χ2v) is 6.52. The smallest absolute Gasteiger partial charge is 0.319 e. The van der Waals surface area contributed by atoms with E-state index in [1.807, 2.05) is 18.2 Å². The zero-order chi connectivity index (χ0) is 15.5. The number of benzene rings is 2. The molecule has 0 unspecified atom stereocenters. The highest BCUT2D eigenvalue weighted by atomic mass is 35.5. The lowest BCUT2D eigenvalue weighted by atomic mass is 10.0. The van der Waals surface area contributed by atoms with Crippen LogP contribution in [0.3, 0.4) is 0 Å². The minimum Gasteiger partial charge on any atom is -0.331 e. The van der Waals surface area contributed by atoms with Crippen molar-refractivity contribution < 1.29 is 9.18 Å². The van der Waals surface area contributed by atoms with Gasteiger partial charge in [-0.1, -0.05) is 23.7 Å². The lowest BCUT2D eigenvalue weighted by Crippen LogP contribution is -2.34. The summed E-state index contributed by atoms with van der Waals surface area (Å²) in [4.78, 5) is 13.2. The molecule has 114 valence electrons. The number of rotatable bonds is 2. The third-order valence-electron chi connectivity index (χ3n) is 3.44. The minimum atomic E-state index is -0.458. The lowest BCUT2D eigenvalue weighted by molar-refractivity contribution is 0.248. The van der Waals surface area contributed by atoms with E-state index in [2.05, 4.69) is 10.6 Å². The number of fused-ring (bicyclic) bond motifs is 1. The molecule has 1 atom stereocenters. The summed E-state index contributed by atoms with van der Waals surface area (Å²) in [5.41, 5.74) is 1.17. The van der Waals surface area contributed by atoms with Crippen molar-refractivity contribution in [1.82, 2.24) is 5.32 Å². The Bertz CT molecular complexity index is 710. The fourth-order valence-electron chi connectivity index (χ4n) is 2.39. The van der Waals surface area contributed by atoms with Crippen LogP contribution in [-0.4, -0.2) is 11.8 Å². The van der Waals surface area contributed by atoms with Gasteiger partial charge in [-0.3, -0.25) is 0 Å². The highest BCUT2D eigenvalue weighted by Gasteiger charge is 2.22. The van der Waals surface area contributed by atoms with Crippen molar-refractivity contribution in [3.05, 3.63) is 58.9 Å². The molecule has 6 heteroatoms. The highest BCUT2D eigenvalue weighted by molar-refractivity contribution is 7.99. The van der Waals surface area contributed by atoms with Crippen LogP contribution in [0.15, 0.2) is 47.4 Å². The van der Waals surface area contributed by atoms with Gasteiger partial charge in [0.15, 0.2) is 0 Å². The van der Waals surface area contributed by atoms with Gasteiger partial charge in [-0.05, 0) is 42.3 Å². The van der Waals surface area contributed by atoms with Gasteiger partial charge in [0.25, 0.3) is 0 Å². The maximum absolute atomic E-state index is 13.6. The molecule has 0 radical (unpaired) electrons. The van der Waals surface area contributed by atoms with Gasteiger partial charge in [0.05, 0.1) is 11.7 Å². The van der Waals surface area contributed by atoms with Gasteiger partial charge in [-0.2, -0.15) is 0 Å². The van der Waals surface area contributed by atoms with Crippen LogP contribution in [0, 0.1) is 5.82 Å². The van der Waals surface area contributed by atoms with Crippen LogP contribution in [0.1, 0.15) is 18.0 Å². The van der Waals surface area contributed by atoms with Crippen molar-refractivity contribution in [3.63, 3.8) is 0 Å². The summed E-state index contributed by atoms with van der Waals surface area (Å²) in [6.45, 7) is 0. The van der Waals surface area contributed by atoms with E-state index >= 15 is 0 Å². The van der Waals surface area contributed by atoms with Crippen LogP contribution in [0.5, 0.6) is 0 Å². The predicted molar refractivity (Wildman–Crippen MR) is 88.1 cm³/mol. The fourth-order valence-corrected chi connectivity index (χ4v) is 3.68. The Kier molecular flexibility index (Phi) is 4.55. The van der Waals surface area contributed by atoms with Crippen LogP contribution < -0.4 is 10.6 Å². The Morgan fingerprint density at radius 1 is 1.27 bits per heavy atom. The molecule has 2 aromatic carbocycles. The second-order valence-electron chi connectivity index (χ2n) is 4.95. The Hall–Kier alpha value is -1.72. The first-order valence-electron chi connectivity index (χ1n) is 6.88. The van der Waals surface area contributed by atoms with Gasteiger partial charge < -0.3 is 10.6 Å². The molecule has 0 fully saturated rings. The first-order valence-corrected chi connectivity index (χ1v) is 8.24. The van der Waals surface area contributed by atoms with Crippen LogP contribution >= 0.6 is 23.4 Å². The zero-order valence-electron chi connectivity index (χ0n) is 11.6. The third kappa shape index (κ3) is 3.36. The summed E-state index contributed by atoms with van der Waals surface area (Å²) >= 11 is 7.79. The number of amides is 2. The molecular weight excluding hydrogens is 323 g/mol. The van der Waals surface area contributed by atoms with E-state index in [-0.39, 0.29) is 11.7 Å². The van der Waals surface area contributed by atoms with Crippen molar-refractivity contribution in [2.24, 2.45) is 0 Å². The molecule has 0 spiro atoms. The van der Waals surface area contributed by atoms with E-state index in [0.29, 0.717) is 5.02 Å². The number of anilines is 1. The predicted octanol–water partition coefficient (Wildman–Crippen LogP) is 4.84. The molecule has 2 amide bonds. The SMILES string of the molecule is O=C(Nc1ccccc1F)N[C@@H]1CCSc2ccc(Cl)cc21. The number of hydrogen-bond acceptors (Lipinski definition) is 2. The average Bonchev–Trinajstić information content (AvgIpc) is 2.50. The number of carbonyl (C=O) groups excluding carboxylic acids is 1. The van der Waals surface area contributed by atoms with Crippen molar-refractivity contribution in [2.45, 2.75) is 17.4 Å². The van der Waals surface area contributed by atoms with Crippen LogP contribution in [0.4, 0.5) is 14.9 Å². The Balaban J connectivity index is 1.73. The maximum Gasteiger partial charge on any atom is 0.319 e. The molecule has 1 aliphatic heterocycles. The molecule has 2 N–H and O–H groups in total. The molecule has 3 rings (SSSR count). The van der Waals surface area contributed by atoms with Crippen molar-refractivity contribution in [3.8, 4) is 0 Å². The summed E-state index contributed by atoms with van der Waals surface area (Å²) in [5, 5.41) is 6.07. The van der Waals surface area contributed by atoms with Crippen molar-refractivity contribution in [2.75, 3.05) is 11.1 Å². The number of para-hydroxylation sites is 1. The summed E-state index contributed by atoms with van der Waals surface area (Å²) in [6, 6.07) is 11.2. The van der Waals surface area contributed by atoms with E-state index in [4.69, 9.17) is 11.6 Å². The molecule has 2 aromatic rings. The van der Waals surface area contributed by atoms with Gasteiger partial charge in [0, 0.05) is 15.7 Å². The highest BCUT2D eigenvalue weighted by Crippen LogP contribution is 2.37. The number of thioether (sulfide) groups is 1. The monoisotopic (exact) mass is 336 g/mol. The zero-order valence-corrected chi connectivity index (χ0v) is 13.2. The molecule has 1 aliphatic rings. The molecule has 22 heavy (non-hydrogen) atoms. The van der Waals surface area contributed by atoms with E-state index in [9.17, 15) is 9.18 Å². The molecule has 0 saturated carbocycles. The quantitative estimate of drug-likeness (QED) is 0.824. The summed E-state index contributed by atoms with van der Waals surface area (Å²) < 4.78 is 13.6. The molecule has 1 heterocycles. The Labute approximate surface area is 137 Å². The van der Waals surface area contributed by atoms with E-state index < -0.39 is 11.8 Å². The van der Waals surface area contributed by atoms with Crippen LogP contribution in [-0.2, 0) is 0 Å². The number of carbonyl (C=O) groups is 1. The molecule has 0 bridgehead atoms. The third-order valence-corrected chi connectivity index (χ3v) is 4.80. The first kappa shape index (κ1) is 15.2. The van der Waals surface area contributed by atoms with E-state index in [0.717, 1.165) is 22.6 Å². The van der Waals surface area contributed by atoms with E-state index in [1.54, 1.807) is 23.9 Å². The Morgan fingerprint density at radius 3 is 2.91 bits per heavy atom. The first-order chi connectivity index (χ1) is 10.6. The van der Waals surface area contributed by atoms with Gasteiger partial charge in [0.2, 0.25) is 0 Å². The maximum atomic E-state index is 13.6. The number of halogens is 2. The van der Waals surface area contributed by atoms with Gasteiger partial charge in [-0.15, -0.1) is 11.8 Å². The summed E-state index contributed by atoms with van der Waals surface area (Å²) in [5.74, 6) is 0.458. The number of urea groups is 1. The molecule has 0 saturated heterocycles. The number of nitrogens with one attached hydrogen (secondary N) is 2. The number of hydrogen-bond donors (Lipinski definition) is 2. The lowest BCUT2D eigenvalue weighted by Gasteiger charge is -2.26. The molecular formula is C16H14ClFN2OS. The molecule has 0 aromatic heterocycles. The minimum absolute atomic E-state index is 0.123. The molecule has 0 aliphatic carbocycles. The van der Waals surface area contributed by atoms with Crippen LogP contribution in [0.25, 0.3) is 0 Å². The second kappa shape index (κ2) is 6.58. The van der Waals surface area contributed by atoms with Gasteiger partial charge in [0.1, 0.15) is 5.82 Å². The van der Waals surface area contributed by atoms with E-state index in [1.165, 1.54) is 12.1 Å². The van der Waals surface area contributed by atoms with Crippen molar-refractivity contribution >= 4 is 35.1 Å². The largest absolute Gasteiger partial charge is 0.331 e. The summed E-state index contributed by atoms with van der Waals surface area (Å²) in [7, 11) is 0. The Morgan fingerprint density at radius 2 is 2.09 bits per heavy atom. The van der Waals surface area contributed by atoms with Gasteiger partial charge >= 0.3 is 6.03 Å². The topological polar surface area (TPSA) is 41.1 Å². The van der Waals surface area contributed by atoms with Crippen molar-refractivity contribution in [1.29, 1.82) is 0 Å². The standard InChI is InChI=1S/C16H14ClFN2OS/c17-10-5-6-15-11(9-10)13(7-8-22-15)19-16(21)20-14-4-2-1-3-12(14)18/h1-6,9,13H,7-8H2,(H2,19,20,21)/t13-/m1/s1. The molecule has 3 nitrogen and oxygen atoms in total. The van der Waals surface area contributed by atoms with Gasteiger partial charge in [-0.25, -0.2) is 9.18 Å².